The van der Waals surface area contributed by atoms with Crippen molar-refractivity contribution in [3.8, 4) is 0 Å². The average molecular weight is 372 g/mol. The minimum atomic E-state index is -1.12. The molecule has 1 heterocycles. The Labute approximate surface area is 153 Å². The molecule has 0 unspecified atom stereocenters. The van der Waals surface area contributed by atoms with E-state index in [9.17, 15) is 9.59 Å². The summed E-state index contributed by atoms with van der Waals surface area (Å²) in [6.45, 7) is 0. The Bertz CT molecular complexity index is 938. The number of nitrogens with one attached hydrogen (secondary N) is 1. The fourth-order valence-corrected chi connectivity index (χ4v) is 2.45. The lowest BCUT2D eigenvalue weighted by molar-refractivity contribution is -0.115. The molecule has 1 aromatic heterocycles. The molecule has 26 heavy (non-hydrogen) atoms. The number of aromatic nitrogens is 2. The third-order valence-electron chi connectivity index (χ3n) is 3.53. The topological polar surface area (TPSA) is 105 Å². The van der Waals surface area contributed by atoms with Crippen LogP contribution in [0.4, 0.5) is 5.69 Å². The van der Waals surface area contributed by atoms with E-state index < -0.39 is 11.9 Å². The Morgan fingerprint density at radius 2 is 1.85 bits per heavy atom. The van der Waals surface area contributed by atoms with Gasteiger partial charge >= 0.3 is 5.97 Å². The first-order chi connectivity index (χ1) is 12.5. The molecule has 0 spiro atoms. The summed E-state index contributed by atoms with van der Waals surface area (Å²) in [5.74, 6) is -0.955. The molecule has 0 bridgehead atoms. The zero-order valence-corrected chi connectivity index (χ0v) is 14.2. The molecule has 3 aromatic rings. The molecule has 0 saturated carbocycles. The van der Waals surface area contributed by atoms with Crippen molar-refractivity contribution in [3.05, 3.63) is 76.4 Å². The maximum Gasteiger partial charge on any atom is 0.337 e. The van der Waals surface area contributed by atoms with Crippen LogP contribution in [0, 0.1) is 0 Å². The third-order valence-corrected chi connectivity index (χ3v) is 3.78. The van der Waals surface area contributed by atoms with E-state index in [2.05, 4.69) is 15.5 Å². The van der Waals surface area contributed by atoms with Crippen molar-refractivity contribution in [2.45, 2.75) is 12.8 Å². The minimum Gasteiger partial charge on any atom is -0.478 e. The molecule has 0 aliphatic rings. The van der Waals surface area contributed by atoms with Gasteiger partial charge in [0.05, 0.1) is 24.1 Å². The van der Waals surface area contributed by atoms with Crippen LogP contribution in [0.1, 0.15) is 27.6 Å². The van der Waals surface area contributed by atoms with Crippen molar-refractivity contribution in [3.63, 3.8) is 0 Å². The summed E-state index contributed by atoms with van der Waals surface area (Å²) in [6, 6.07) is 13.4. The van der Waals surface area contributed by atoms with Gasteiger partial charge in [0, 0.05) is 5.02 Å². The smallest absolute Gasteiger partial charge is 0.337 e. The highest BCUT2D eigenvalue weighted by molar-refractivity contribution is 6.30. The summed E-state index contributed by atoms with van der Waals surface area (Å²) in [7, 11) is 0. The van der Waals surface area contributed by atoms with Crippen molar-refractivity contribution < 1.29 is 19.2 Å². The molecule has 7 nitrogen and oxygen atoms in total. The normalized spacial score (nSPS) is 10.5. The lowest BCUT2D eigenvalue weighted by atomic mass is 10.1. The maximum atomic E-state index is 12.1. The quantitative estimate of drug-likeness (QED) is 0.689. The largest absolute Gasteiger partial charge is 0.478 e. The predicted molar refractivity (Wildman–Crippen MR) is 94.3 cm³/mol. The fraction of sp³-hybridized carbons (Fsp3) is 0.111. The number of nitrogens with zero attached hydrogens (tertiary/aromatic N) is 2. The number of aromatic carboxylic acids is 1. The van der Waals surface area contributed by atoms with E-state index in [0.29, 0.717) is 17.3 Å². The first kappa shape index (κ1) is 17.6. The van der Waals surface area contributed by atoms with E-state index in [1.807, 2.05) is 12.1 Å². The molecule has 0 atom stereocenters. The Hall–Kier alpha value is -3.19. The van der Waals surface area contributed by atoms with Gasteiger partial charge in [-0.2, -0.15) is 4.98 Å². The van der Waals surface area contributed by atoms with E-state index >= 15 is 0 Å². The number of carboxylic acid groups (broad SMARTS) is 1. The summed E-state index contributed by atoms with van der Waals surface area (Å²) >= 11 is 5.84. The highest BCUT2D eigenvalue weighted by atomic mass is 35.5. The van der Waals surface area contributed by atoms with Crippen LogP contribution in [0.5, 0.6) is 0 Å². The minimum absolute atomic E-state index is 0.0115. The number of anilines is 1. The molecule has 2 aromatic carbocycles. The molecular formula is C18H14ClN3O4. The van der Waals surface area contributed by atoms with Crippen LogP contribution in [0.15, 0.2) is 53.1 Å². The van der Waals surface area contributed by atoms with Gasteiger partial charge in [-0.3, -0.25) is 4.79 Å². The van der Waals surface area contributed by atoms with Crippen molar-refractivity contribution in [2.75, 3.05) is 5.32 Å². The number of carboxylic acids is 1. The summed E-state index contributed by atoms with van der Waals surface area (Å²) < 4.78 is 5.14. The molecule has 1 amide bonds. The number of hydrogen-bond donors (Lipinski definition) is 2. The molecule has 0 aliphatic carbocycles. The average Bonchev–Trinajstić information content (AvgIpc) is 3.04. The van der Waals surface area contributed by atoms with Gasteiger partial charge in [-0.1, -0.05) is 41.0 Å². The van der Waals surface area contributed by atoms with Crippen molar-refractivity contribution in [1.82, 2.24) is 10.1 Å². The first-order valence-corrected chi connectivity index (χ1v) is 8.07. The molecule has 0 fully saturated rings. The third kappa shape index (κ3) is 4.46. The molecule has 2 N–H and O–H groups in total. The van der Waals surface area contributed by atoms with Crippen molar-refractivity contribution in [1.29, 1.82) is 0 Å². The lowest BCUT2D eigenvalue weighted by Crippen LogP contribution is -2.17. The van der Waals surface area contributed by atoms with Crippen LogP contribution in [0.2, 0.25) is 5.02 Å². The molecule has 3 rings (SSSR count). The number of para-hydroxylation sites is 1. The number of benzene rings is 2. The monoisotopic (exact) mass is 371 g/mol. The SMILES string of the molecule is O=C(Cc1noc(Cc2ccc(Cl)cc2)n1)Nc1ccccc1C(=O)O. The predicted octanol–water partition coefficient (Wildman–Crippen LogP) is 3.19. The number of carbonyl (C=O) groups is 2. The van der Waals surface area contributed by atoms with E-state index in [1.54, 1.807) is 24.3 Å². The van der Waals surface area contributed by atoms with Crippen LogP contribution in [-0.4, -0.2) is 27.1 Å². The summed E-state index contributed by atoms with van der Waals surface area (Å²) in [5, 5.41) is 16.1. The van der Waals surface area contributed by atoms with Crippen LogP contribution in [-0.2, 0) is 17.6 Å². The van der Waals surface area contributed by atoms with Crippen molar-refractivity contribution in [2.24, 2.45) is 0 Å². The second-order valence-electron chi connectivity index (χ2n) is 5.48. The number of hydrogen-bond acceptors (Lipinski definition) is 5. The Morgan fingerprint density at radius 1 is 1.12 bits per heavy atom. The molecule has 0 radical (unpaired) electrons. The summed E-state index contributed by atoms with van der Waals surface area (Å²) in [4.78, 5) is 27.5. The summed E-state index contributed by atoms with van der Waals surface area (Å²) in [5.41, 5.74) is 1.18. The van der Waals surface area contributed by atoms with E-state index in [0.717, 1.165) is 5.56 Å². The molecular weight excluding hydrogens is 358 g/mol. The summed E-state index contributed by atoms with van der Waals surface area (Å²) in [6.07, 6.45) is 0.297. The van der Waals surface area contributed by atoms with Gasteiger partial charge in [-0.25, -0.2) is 4.79 Å². The zero-order valence-electron chi connectivity index (χ0n) is 13.5. The van der Waals surface area contributed by atoms with Crippen LogP contribution < -0.4 is 5.32 Å². The van der Waals surface area contributed by atoms with Gasteiger partial charge < -0.3 is 14.9 Å². The van der Waals surface area contributed by atoms with Crippen LogP contribution in [0.3, 0.4) is 0 Å². The fourth-order valence-electron chi connectivity index (χ4n) is 2.33. The van der Waals surface area contributed by atoms with Gasteiger partial charge in [0.2, 0.25) is 11.8 Å². The molecule has 132 valence electrons. The van der Waals surface area contributed by atoms with Gasteiger partial charge in [-0.05, 0) is 29.8 Å². The second-order valence-corrected chi connectivity index (χ2v) is 5.92. The Balaban J connectivity index is 1.63. The highest BCUT2D eigenvalue weighted by Gasteiger charge is 2.15. The first-order valence-electron chi connectivity index (χ1n) is 7.69. The van der Waals surface area contributed by atoms with Gasteiger partial charge in [0.25, 0.3) is 0 Å². The van der Waals surface area contributed by atoms with E-state index in [-0.39, 0.29) is 23.5 Å². The van der Waals surface area contributed by atoms with Crippen molar-refractivity contribution >= 4 is 29.2 Å². The van der Waals surface area contributed by atoms with E-state index in [1.165, 1.54) is 12.1 Å². The second kappa shape index (κ2) is 7.79. The van der Waals surface area contributed by atoms with Gasteiger partial charge in [0.1, 0.15) is 0 Å². The molecule has 8 heteroatoms. The maximum absolute atomic E-state index is 12.1. The zero-order chi connectivity index (χ0) is 18.5. The molecule has 0 saturated heterocycles. The van der Waals surface area contributed by atoms with Gasteiger partial charge in [-0.15, -0.1) is 0 Å². The number of rotatable bonds is 6. The standard InChI is InChI=1S/C18H14ClN3O4/c19-12-7-5-11(6-8-12)9-17-21-15(22-26-17)10-16(23)20-14-4-2-1-3-13(14)18(24)25/h1-8H,9-10H2,(H,20,23)(H,24,25). The number of amides is 1. The number of halogens is 1. The van der Waals surface area contributed by atoms with Gasteiger partial charge in [0.15, 0.2) is 5.82 Å². The Morgan fingerprint density at radius 3 is 2.58 bits per heavy atom. The van der Waals surface area contributed by atoms with Crippen LogP contribution >= 0.6 is 11.6 Å². The number of carbonyl (C=O) groups excluding carboxylic acids is 1. The Kier molecular flexibility index (Phi) is 5.28. The molecule has 0 aliphatic heterocycles. The van der Waals surface area contributed by atoms with E-state index in [4.69, 9.17) is 21.2 Å². The van der Waals surface area contributed by atoms with Crippen LogP contribution in [0.25, 0.3) is 0 Å². The highest BCUT2D eigenvalue weighted by Crippen LogP contribution is 2.16. The lowest BCUT2D eigenvalue weighted by Gasteiger charge is -2.06.